The minimum atomic E-state index is -0.308. The summed E-state index contributed by atoms with van der Waals surface area (Å²) < 4.78 is 2.59. The Kier molecular flexibility index (Phi) is 5.71. The smallest absolute Gasteiger partial charge is 0.251 e. The molecule has 0 unspecified atom stereocenters. The van der Waals surface area contributed by atoms with Crippen LogP contribution in [0.1, 0.15) is 21.7 Å². The molecule has 0 bridgehead atoms. The number of hydrogen-bond donors (Lipinski definition) is 2. The molecule has 6 nitrogen and oxygen atoms in total. The van der Waals surface area contributed by atoms with E-state index in [0.717, 1.165) is 15.9 Å². The Morgan fingerprint density at radius 3 is 2.52 bits per heavy atom. The third-order valence-corrected chi connectivity index (χ3v) is 4.55. The summed E-state index contributed by atoms with van der Waals surface area (Å²) in [6.45, 7) is 3.60. The Bertz CT molecular complexity index is 983. The third-order valence-electron chi connectivity index (χ3n) is 4.05. The second-order valence-corrected chi connectivity index (χ2v) is 6.95. The quantitative estimate of drug-likeness (QED) is 0.653. The van der Waals surface area contributed by atoms with Crippen LogP contribution in [0.15, 0.2) is 59.1 Å². The number of halogens is 1. The summed E-state index contributed by atoms with van der Waals surface area (Å²) in [5, 5.41) is 9.96. The zero-order valence-corrected chi connectivity index (χ0v) is 16.6. The number of rotatable bonds is 5. The Balaban J connectivity index is 1.66. The molecule has 1 heterocycles. The number of nitrogens with zero attached hydrogens (tertiary/aromatic N) is 2. The van der Waals surface area contributed by atoms with Crippen LogP contribution in [0.2, 0.25) is 0 Å². The molecule has 0 atom stereocenters. The molecule has 0 saturated heterocycles. The van der Waals surface area contributed by atoms with Crippen molar-refractivity contribution in [3.63, 3.8) is 0 Å². The number of anilines is 1. The number of hydrogen-bond acceptors (Lipinski definition) is 3. The summed E-state index contributed by atoms with van der Waals surface area (Å²) in [6, 6.07) is 16.7. The fourth-order valence-electron chi connectivity index (χ4n) is 2.72. The molecule has 0 fully saturated rings. The standard InChI is InChI=1S/C20H19BrN4O2/c1-13-19(14(2)25(24-13)17-9-4-3-5-10-17)23-18(26)12-22-20(27)15-7-6-8-16(21)11-15/h3-11H,12H2,1-2H3,(H,22,27)(H,23,26). The van der Waals surface area contributed by atoms with Crippen LogP contribution < -0.4 is 10.6 Å². The number of carbonyl (C=O) groups excluding carboxylic acids is 2. The zero-order valence-electron chi connectivity index (χ0n) is 15.0. The van der Waals surface area contributed by atoms with Gasteiger partial charge in [0.25, 0.3) is 5.91 Å². The van der Waals surface area contributed by atoms with E-state index in [4.69, 9.17) is 0 Å². The molecule has 2 aromatic carbocycles. The van der Waals surface area contributed by atoms with E-state index >= 15 is 0 Å². The lowest BCUT2D eigenvalue weighted by atomic mass is 10.2. The number of amides is 2. The van der Waals surface area contributed by atoms with Gasteiger partial charge < -0.3 is 10.6 Å². The van der Waals surface area contributed by atoms with E-state index < -0.39 is 0 Å². The van der Waals surface area contributed by atoms with E-state index in [1.165, 1.54) is 0 Å². The lowest BCUT2D eigenvalue weighted by Gasteiger charge is -2.08. The number of nitrogens with one attached hydrogen (secondary N) is 2. The Labute approximate surface area is 165 Å². The first kappa shape index (κ1) is 18.8. The maximum Gasteiger partial charge on any atom is 0.251 e. The fraction of sp³-hybridized carbons (Fsp3) is 0.150. The van der Waals surface area contributed by atoms with Gasteiger partial charge in [0.05, 0.1) is 29.3 Å². The Morgan fingerprint density at radius 2 is 1.81 bits per heavy atom. The third kappa shape index (κ3) is 4.43. The van der Waals surface area contributed by atoms with Gasteiger partial charge in [-0.15, -0.1) is 0 Å². The monoisotopic (exact) mass is 426 g/mol. The van der Waals surface area contributed by atoms with Gasteiger partial charge in [0.15, 0.2) is 0 Å². The van der Waals surface area contributed by atoms with Crippen LogP contribution in [0.5, 0.6) is 0 Å². The van der Waals surface area contributed by atoms with Crippen molar-refractivity contribution >= 4 is 33.4 Å². The molecule has 2 N–H and O–H groups in total. The summed E-state index contributed by atoms with van der Waals surface area (Å²) in [5.74, 6) is -0.614. The average Bonchev–Trinajstić information content (AvgIpc) is 2.95. The van der Waals surface area contributed by atoms with Crippen molar-refractivity contribution in [2.24, 2.45) is 0 Å². The first-order valence-corrected chi connectivity index (χ1v) is 9.20. The highest BCUT2D eigenvalue weighted by molar-refractivity contribution is 9.10. The molecule has 1 aromatic heterocycles. The van der Waals surface area contributed by atoms with Gasteiger partial charge >= 0.3 is 0 Å². The van der Waals surface area contributed by atoms with Gasteiger partial charge in [0, 0.05) is 10.0 Å². The molecule has 27 heavy (non-hydrogen) atoms. The molecule has 0 aliphatic rings. The molecule has 0 aliphatic carbocycles. The van der Waals surface area contributed by atoms with Crippen LogP contribution in [0.3, 0.4) is 0 Å². The van der Waals surface area contributed by atoms with Crippen molar-refractivity contribution in [3.8, 4) is 5.69 Å². The van der Waals surface area contributed by atoms with E-state index in [-0.39, 0.29) is 18.4 Å². The molecular weight excluding hydrogens is 408 g/mol. The van der Waals surface area contributed by atoms with Crippen molar-refractivity contribution in [1.29, 1.82) is 0 Å². The normalized spacial score (nSPS) is 10.5. The van der Waals surface area contributed by atoms with Crippen LogP contribution in [-0.4, -0.2) is 28.1 Å². The Hall–Kier alpha value is -2.93. The van der Waals surface area contributed by atoms with Crippen molar-refractivity contribution in [2.75, 3.05) is 11.9 Å². The van der Waals surface area contributed by atoms with E-state index in [1.54, 1.807) is 22.9 Å². The highest BCUT2D eigenvalue weighted by atomic mass is 79.9. The van der Waals surface area contributed by atoms with Crippen molar-refractivity contribution < 1.29 is 9.59 Å². The minimum absolute atomic E-state index is 0.124. The van der Waals surface area contributed by atoms with Gasteiger partial charge in [0.1, 0.15) is 0 Å². The summed E-state index contributed by atoms with van der Waals surface area (Å²) in [6.07, 6.45) is 0. The van der Waals surface area contributed by atoms with E-state index in [9.17, 15) is 9.59 Å². The van der Waals surface area contributed by atoms with Crippen molar-refractivity contribution in [1.82, 2.24) is 15.1 Å². The molecule has 0 radical (unpaired) electrons. The lowest BCUT2D eigenvalue weighted by Crippen LogP contribution is -2.33. The summed E-state index contributed by atoms with van der Waals surface area (Å²) in [4.78, 5) is 24.4. The minimum Gasteiger partial charge on any atom is -0.343 e. The van der Waals surface area contributed by atoms with E-state index in [2.05, 4.69) is 31.7 Å². The second kappa shape index (κ2) is 8.18. The molecule has 0 aliphatic heterocycles. The predicted octanol–water partition coefficient (Wildman–Crippen LogP) is 3.62. The SMILES string of the molecule is Cc1nn(-c2ccccc2)c(C)c1NC(=O)CNC(=O)c1cccc(Br)c1. The van der Waals surface area contributed by atoms with Gasteiger partial charge in [-0.25, -0.2) is 4.68 Å². The molecule has 2 amide bonds. The topological polar surface area (TPSA) is 76.0 Å². The highest BCUT2D eigenvalue weighted by Crippen LogP contribution is 2.22. The largest absolute Gasteiger partial charge is 0.343 e. The van der Waals surface area contributed by atoms with Crippen LogP contribution in [0, 0.1) is 13.8 Å². The zero-order chi connectivity index (χ0) is 19.4. The number of aryl methyl sites for hydroxylation is 1. The van der Waals surface area contributed by atoms with Crippen molar-refractivity contribution in [3.05, 3.63) is 76.0 Å². The van der Waals surface area contributed by atoms with Gasteiger partial charge in [-0.05, 0) is 44.2 Å². The first-order chi connectivity index (χ1) is 13.0. The highest BCUT2D eigenvalue weighted by Gasteiger charge is 2.16. The predicted molar refractivity (Wildman–Crippen MR) is 108 cm³/mol. The Morgan fingerprint density at radius 1 is 1.07 bits per heavy atom. The van der Waals surface area contributed by atoms with E-state index in [0.29, 0.717) is 16.9 Å². The fourth-order valence-corrected chi connectivity index (χ4v) is 3.12. The van der Waals surface area contributed by atoms with Crippen LogP contribution in [-0.2, 0) is 4.79 Å². The van der Waals surface area contributed by atoms with Crippen LogP contribution >= 0.6 is 15.9 Å². The molecular formula is C20H19BrN4O2. The lowest BCUT2D eigenvalue weighted by molar-refractivity contribution is -0.115. The van der Waals surface area contributed by atoms with Crippen molar-refractivity contribution in [2.45, 2.75) is 13.8 Å². The molecule has 0 spiro atoms. The van der Waals surface area contributed by atoms with Gasteiger partial charge in [0.2, 0.25) is 5.91 Å². The second-order valence-electron chi connectivity index (χ2n) is 6.03. The summed E-state index contributed by atoms with van der Waals surface area (Å²) in [5.41, 5.74) is 3.59. The molecule has 7 heteroatoms. The number of carbonyl (C=O) groups is 2. The van der Waals surface area contributed by atoms with Gasteiger partial charge in [-0.3, -0.25) is 9.59 Å². The van der Waals surface area contributed by atoms with Gasteiger partial charge in [-0.1, -0.05) is 40.2 Å². The molecule has 3 aromatic rings. The summed E-state index contributed by atoms with van der Waals surface area (Å²) >= 11 is 3.32. The summed E-state index contributed by atoms with van der Waals surface area (Å²) in [7, 11) is 0. The van der Waals surface area contributed by atoms with E-state index in [1.807, 2.05) is 50.2 Å². The number of aromatic nitrogens is 2. The molecule has 138 valence electrons. The van der Waals surface area contributed by atoms with Crippen LogP contribution in [0.25, 0.3) is 5.69 Å². The maximum atomic E-state index is 12.3. The average molecular weight is 427 g/mol. The van der Waals surface area contributed by atoms with Crippen LogP contribution in [0.4, 0.5) is 5.69 Å². The molecule has 0 saturated carbocycles. The molecule has 3 rings (SSSR count). The number of para-hydroxylation sites is 1. The number of benzene rings is 2. The van der Waals surface area contributed by atoms with Gasteiger partial charge in [-0.2, -0.15) is 5.10 Å². The first-order valence-electron chi connectivity index (χ1n) is 8.41. The maximum absolute atomic E-state index is 12.3.